The van der Waals surface area contributed by atoms with Gasteiger partial charge in [0.2, 0.25) is 0 Å². The molecule has 1 atom stereocenters. The molecule has 1 unspecified atom stereocenters. The summed E-state index contributed by atoms with van der Waals surface area (Å²) in [5, 5.41) is 8.14. The third kappa shape index (κ3) is 2.38. The fourth-order valence-electron chi connectivity index (χ4n) is 3.06. The second-order valence-corrected chi connectivity index (χ2v) is 5.87. The second-order valence-electron chi connectivity index (χ2n) is 5.87. The molecule has 2 aromatic rings. The van der Waals surface area contributed by atoms with Crippen LogP contribution in [-0.4, -0.2) is 22.4 Å². The number of hydrogen-bond acceptors (Lipinski definition) is 2. The van der Waals surface area contributed by atoms with Crippen LogP contribution in [0.1, 0.15) is 29.7 Å². The zero-order chi connectivity index (χ0) is 14.1. The standard InChI is InChI=1S/C17H23N3/c1-12-6-4-8-16(13(12)2)17-10-19-20(14(17)3)11-15-7-5-9-18-15/h4,6,8,10,15,18H,5,7,9,11H2,1-3H3. The summed E-state index contributed by atoms with van der Waals surface area (Å²) in [5.74, 6) is 0. The lowest BCUT2D eigenvalue weighted by Gasteiger charge is -2.13. The van der Waals surface area contributed by atoms with Crippen LogP contribution in [0.3, 0.4) is 0 Å². The van der Waals surface area contributed by atoms with Gasteiger partial charge in [0, 0.05) is 17.3 Å². The van der Waals surface area contributed by atoms with Crippen LogP contribution in [0.5, 0.6) is 0 Å². The summed E-state index contributed by atoms with van der Waals surface area (Å²) in [7, 11) is 0. The van der Waals surface area contributed by atoms with Gasteiger partial charge < -0.3 is 5.32 Å². The lowest BCUT2D eigenvalue weighted by Crippen LogP contribution is -2.27. The Morgan fingerprint density at radius 3 is 2.85 bits per heavy atom. The molecule has 3 rings (SSSR count). The summed E-state index contributed by atoms with van der Waals surface area (Å²) in [6.07, 6.45) is 4.57. The van der Waals surface area contributed by atoms with E-state index in [1.165, 1.54) is 40.8 Å². The average Bonchev–Trinajstić information content (AvgIpc) is 3.06. The first-order valence-electron chi connectivity index (χ1n) is 7.49. The lowest BCUT2D eigenvalue weighted by molar-refractivity contribution is 0.469. The molecule has 0 saturated carbocycles. The number of nitrogens with zero attached hydrogens (tertiary/aromatic N) is 2. The van der Waals surface area contributed by atoms with Gasteiger partial charge in [-0.25, -0.2) is 0 Å². The molecule has 0 spiro atoms. The van der Waals surface area contributed by atoms with Crippen LogP contribution in [-0.2, 0) is 6.54 Å². The first-order valence-corrected chi connectivity index (χ1v) is 7.49. The quantitative estimate of drug-likeness (QED) is 0.927. The van der Waals surface area contributed by atoms with Gasteiger partial charge in [0.25, 0.3) is 0 Å². The van der Waals surface area contributed by atoms with Crippen molar-refractivity contribution in [3.8, 4) is 11.1 Å². The lowest BCUT2D eigenvalue weighted by atomic mass is 9.98. The van der Waals surface area contributed by atoms with Crippen LogP contribution >= 0.6 is 0 Å². The van der Waals surface area contributed by atoms with Crippen LogP contribution in [0.4, 0.5) is 0 Å². The van der Waals surface area contributed by atoms with E-state index in [9.17, 15) is 0 Å². The van der Waals surface area contributed by atoms with Crippen molar-refractivity contribution in [2.45, 2.75) is 46.2 Å². The highest BCUT2D eigenvalue weighted by Gasteiger charge is 2.17. The fraction of sp³-hybridized carbons (Fsp3) is 0.471. The van der Waals surface area contributed by atoms with Crippen molar-refractivity contribution in [1.82, 2.24) is 15.1 Å². The highest BCUT2D eigenvalue weighted by Crippen LogP contribution is 2.28. The molecule has 0 radical (unpaired) electrons. The van der Waals surface area contributed by atoms with Crippen LogP contribution in [0.25, 0.3) is 11.1 Å². The number of benzene rings is 1. The summed E-state index contributed by atoms with van der Waals surface area (Å²) in [4.78, 5) is 0. The van der Waals surface area contributed by atoms with E-state index in [4.69, 9.17) is 0 Å². The topological polar surface area (TPSA) is 29.9 Å². The first-order chi connectivity index (χ1) is 9.66. The Bertz CT molecular complexity index is 607. The Hall–Kier alpha value is -1.61. The SMILES string of the molecule is Cc1cccc(-c2cnn(CC3CCCN3)c2C)c1C. The molecule has 2 heterocycles. The zero-order valence-electron chi connectivity index (χ0n) is 12.6. The van der Waals surface area contributed by atoms with E-state index in [2.05, 4.69) is 54.1 Å². The maximum Gasteiger partial charge on any atom is 0.0571 e. The fourth-order valence-corrected chi connectivity index (χ4v) is 3.06. The molecule has 1 fully saturated rings. The Balaban J connectivity index is 1.91. The van der Waals surface area contributed by atoms with Crippen molar-refractivity contribution in [3.63, 3.8) is 0 Å². The van der Waals surface area contributed by atoms with E-state index in [1.54, 1.807) is 0 Å². The van der Waals surface area contributed by atoms with E-state index < -0.39 is 0 Å². The van der Waals surface area contributed by atoms with E-state index in [0.717, 1.165) is 13.1 Å². The Morgan fingerprint density at radius 2 is 2.10 bits per heavy atom. The highest BCUT2D eigenvalue weighted by molar-refractivity contribution is 5.69. The van der Waals surface area contributed by atoms with Crippen LogP contribution in [0.15, 0.2) is 24.4 Å². The molecule has 3 heteroatoms. The van der Waals surface area contributed by atoms with E-state index in [1.807, 2.05) is 6.20 Å². The number of hydrogen-bond donors (Lipinski definition) is 1. The first kappa shape index (κ1) is 13.4. The predicted octanol–water partition coefficient (Wildman–Crippen LogP) is 3.23. The molecule has 0 bridgehead atoms. The summed E-state index contributed by atoms with van der Waals surface area (Å²) in [6.45, 7) is 8.67. The number of rotatable bonds is 3. The van der Waals surface area contributed by atoms with Gasteiger partial charge in [-0.1, -0.05) is 18.2 Å². The molecule has 1 aliphatic rings. The monoisotopic (exact) mass is 269 g/mol. The summed E-state index contributed by atoms with van der Waals surface area (Å²) in [5.41, 5.74) is 6.55. The van der Waals surface area contributed by atoms with E-state index in [-0.39, 0.29) is 0 Å². The van der Waals surface area contributed by atoms with Gasteiger partial charge in [-0.2, -0.15) is 5.10 Å². The smallest absolute Gasteiger partial charge is 0.0571 e. The van der Waals surface area contributed by atoms with Gasteiger partial charge >= 0.3 is 0 Å². The second kappa shape index (κ2) is 5.41. The van der Waals surface area contributed by atoms with Crippen LogP contribution in [0, 0.1) is 20.8 Å². The van der Waals surface area contributed by atoms with Crippen molar-refractivity contribution in [2.75, 3.05) is 6.54 Å². The van der Waals surface area contributed by atoms with Gasteiger partial charge in [0.05, 0.1) is 12.7 Å². The third-order valence-corrected chi connectivity index (χ3v) is 4.55. The van der Waals surface area contributed by atoms with Crippen molar-refractivity contribution >= 4 is 0 Å². The Labute approximate surface area is 121 Å². The molecule has 3 nitrogen and oxygen atoms in total. The zero-order valence-corrected chi connectivity index (χ0v) is 12.6. The largest absolute Gasteiger partial charge is 0.312 e. The molecule has 106 valence electrons. The molecule has 1 aliphatic heterocycles. The van der Waals surface area contributed by atoms with Gasteiger partial charge in [-0.15, -0.1) is 0 Å². The van der Waals surface area contributed by atoms with Crippen molar-refractivity contribution in [2.24, 2.45) is 0 Å². The average molecular weight is 269 g/mol. The predicted molar refractivity (Wildman–Crippen MR) is 82.9 cm³/mol. The van der Waals surface area contributed by atoms with Crippen molar-refractivity contribution < 1.29 is 0 Å². The molecule has 1 aromatic heterocycles. The van der Waals surface area contributed by atoms with Crippen molar-refractivity contribution in [3.05, 3.63) is 41.2 Å². The molecule has 1 saturated heterocycles. The van der Waals surface area contributed by atoms with Crippen molar-refractivity contribution in [1.29, 1.82) is 0 Å². The molecule has 20 heavy (non-hydrogen) atoms. The number of aryl methyl sites for hydroxylation is 1. The van der Waals surface area contributed by atoms with Gasteiger partial charge in [0.1, 0.15) is 0 Å². The molecule has 1 N–H and O–H groups in total. The molecular formula is C17H23N3. The van der Waals surface area contributed by atoms with Crippen LogP contribution in [0.2, 0.25) is 0 Å². The molecule has 0 amide bonds. The van der Waals surface area contributed by atoms with E-state index >= 15 is 0 Å². The summed E-state index contributed by atoms with van der Waals surface area (Å²) >= 11 is 0. The maximum absolute atomic E-state index is 4.60. The minimum absolute atomic E-state index is 0.583. The molecule has 1 aromatic carbocycles. The molecule has 0 aliphatic carbocycles. The summed E-state index contributed by atoms with van der Waals surface area (Å²) < 4.78 is 2.15. The number of aromatic nitrogens is 2. The van der Waals surface area contributed by atoms with Gasteiger partial charge in [-0.05, 0) is 56.8 Å². The Kier molecular flexibility index (Phi) is 3.62. The third-order valence-electron chi connectivity index (χ3n) is 4.55. The minimum atomic E-state index is 0.583. The maximum atomic E-state index is 4.60. The summed E-state index contributed by atoms with van der Waals surface area (Å²) in [6, 6.07) is 7.08. The van der Waals surface area contributed by atoms with E-state index in [0.29, 0.717) is 6.04 Å². The normalized spacial score (nSPS) is 18.6. The van der Waals surface area contributed by atoms with Crippen LogP contribution < -0.4 is 5.32 Å². The minimum Gasteiger partial charge on any atom is -0.312 e. The Morgan fingerprint density at radius 1 is 1.25 bits per heavy atom. The molecular weight excluding hydrogens is 246 g/mol. The number of nitrogens with one attached hydrogen (secondary N) is 1. The van der Waals surface area contributed by atoms with Gasteiger partial charge in [0.15, 0.2) is 0 Å². The van der Waals surface area contributed by atoms with Gasteiger partial charge in [-0.3, -0.25) is 4.68 Å². The highest BCUT2D eigenvalue weighted by atomic mass is 15.3.